The van der Waals surface area contributed by atoms with Gasteiger partial charge in [0.1, 0.15) is 11.6 Å². The molecule has 33 heavy (non-hydrogen) atoms. The van der Waals surface area contributed by atoms with Gasteiger partial charge in [-0.3, -0.25) is 4.79 Å². The van der Waals surface area contributed by atoms with E-state index >= 15 is 0 Å². The van der Waals surface area contributed by atoms with Crippen LogP contribution in [0.5, 0.6) is 0 Å². The quantitative estimate of drug-likeness (QED) is 0.373. The highest BCUT2D eigenvalue weighted by atomic mass is 19.1. The summed E-state index contributed by atoms with van der Waals surface area (Å²) in [6, 6.07) is 12.4. The van der Waals surface area contributed by atoms with Gasteiger partial charge in [-0.15, -0.1) is 0 Å². The number of hydrogen-bond acceptors (Lipinski definition) is 3. The molecule has 0 aliphatic rings. The van der Waals surface area contributed by atoms with E-state index in [9.17, 15) is 9.18 Å². The number of halogens is 1. The first kappa shape index (κ1) is 24.9. The molecule has 0 aliphatic heterocycles. The Hall–Kier alpha value is -2.73. The van der Waals surface area contributed by atoms with Gasteiger partial charge in [-0.1, -0.05) is 39.8 Å². The monoisotopic (exact) mass is 452 g/mol. The summed E-state index contributed by atoms with van der Waals surface area (Å²) >= 11 is 0. The third kappa shape index (κ3) is 6.41. The number of amides is 1. The molecule has 0 saturated carbocycles. The van der Waals surface area contributed by atoms with Crippen molar-refractivity contribution in [3.63, 3.8) is 0 Å². The van der Waals surface area contributed by atoms with E-state index in [1.54, 1.807) is 17.0 Å². The number of aryl methyl sites for hydroxylation is 1. The zero-order valence-corrected chi connectivity index (χ0v) is 20.6. The van der Waals surface area contributed by atoms with E-state index in [4.69, 9.17) is 4.98 Å². The van der Waals surface area contributed by atoms with Crippen molar-refractivity contribution in [2.24, 2.45) is 5.92 Å². The lowest BCUT2D eigenvalue weighted by Crippen LogP contribution is -2.34. The molecule has 0 bridgehead atoms. The van der Waals surface area contributed by atoms with Gasteiger partial charge in [0.25, 0.3) is 5.91 Å². The topological polar surface area (TPSA) is 41.4 Å². The van der Waals surface area contributed by atoms with Crippen molar-refractivity contribution < 1.29 is 9.18 Å². The molecule has 0 radical (unpaired) electrons. The van der Waals surface area contributed by atoms with Gasteiger partial charge < -0.3 is 14.4 Å². The number of hydrogen-bond donors (Lipinski definition) is 0. The summed E-state index contributed by atoms with van der Waals surface area (Å²) in [5.74, 6) is 0.591. The average molecular weight is 453 g/mol. The van der Waals surface area contributed by atoms with Gasteiger partial charge >= 0.3 is 0 Å². The summed E-state index contributed by atoms with van der Waals surface area (Å²) in [5, 5.41) is 0. The third-order valence-corrected chi connectivity index (χ3v) is 5.67. The zero-order valence-electron chi connectivity index (χ0n) is 20.6. The zero-order chi connectivity index (χ0) is 24.0. The lowest BCUT2D eigenvalue weighted by molar-refractivity contribution is 0.0715. The lowest BCUT2D eigenvalue weighted by atomic mass is 10.1. The summed E-state index contributed by atoms with van der Waals surface area (Å²) in [6.07, 6.45) is 2.10. The van der Waals surface area contributed by atoms with Crippen molar-refractivity contribution in [3.05, 3.63) is 65.2 Å². The molecule has 0 saturated heterocycles. The first-order valence-corrected chi connectivity index (χ1v) is 12.0. The summed E-state index contributed by atoms with van der Waals surface area (Å²) in [5.41, 5.74) is 3.66. The van der Waals surface area contributed by atoms with Crippen LogP contribution in [0, 0.1) is 11.7 Å². The van der Waals surface area contributed by atoms with Crippen molar-refractivity contribution in [1.29, 1.82) is 0 Å². The Kier molecular flexibility index (Phi) is 8.61. The SMILES string of the molecule is CCCN(C)Cc1ccc2c(c1)nc(CN(CC(C)C)C(=O)c1cccc(F)c1)n2CCC. The van der Waals surface area contributed by atoms with Crippen LogP contribution in [0.3, 0.4) is 0 Å². The lowest BCUT2D eigenvalue weighted by Gasteiger charge is -2.25. The minimum Gasteiger partial charge on any atom is -0.331 e. The molecular weight excluding hydrogens is 415 g/mol. The fourth-order valence-corrected chi connectivity index (χ4v) is 4.32. The van der Waals surface area contributed by atoms with Crippen molar-refractivity contribution in [2.45, 2.75) is 60.2 Å². The Morgan fingerprint density at radius 2 is 1.88 bits per heavy atom. The van der Waals surface area contributed by atoms with Crippen LogP contribution < -0.4 is 0 Å². The van der Waals surface area contributed by atoms with E-state index in [-0.39, 0.29) is 11.8 Å². The normalized spacial score (nSPS) is 11.6. The number of imidazole rings is 1. The van der Waals surface area contributed by atoms with E-state index in [0.29, 0.717) is 18.7 Å². The second kappa shape index (κ2) is 11.4. The molecule has 0 fully saturated rings. The van der Waals surface area contributed by atoms with Crippen LogP contribution in [0.25, 0.3) is 11.0 Å². The highest BCUT2D eigenvalue weighted by Gasteiger charge is 2.21. The molecule has 1 amide bonds. The Balaban J connectivity index is 1.94. The summed E-state index contributed by atoms with van der Waals surface area (Å²) in [6.45, 7) is 12.3. The summed E-state index contributed by atoms with van der Waals surface area (Å²) < 4.78 is 16.0. The number of rotatable bonds is 11. The molecule has 1 aromatic heterocycles. The highest BCUT2D eigenvalue weighted by molar-refractivity contribution is 5.94. The molecule has 178 valence electrons. The van der Waals surface area contributed by atoms with Gasteiger partial charge in [0.05, 0.1) is 17.6 Å². The van der Waals surface area contributed by atoms with Gasteiger partial charge in [-0.2, -0.15) is 0 Å². The molecule has 0 N–H and O–H groups in total. The molecule has 5 nitrogen and oxygen atoms in total. The number of nitrogens with zero attached hydrogens (tertiary/aromatic N) is 4. The molecule has 0 atom stereocenters. The molecule has 2 aromatic carbocycles. The largest absolute Gasteiger partial charge is 0.331 e. The Morgan fingerprint density at radius 3 is 2.55 bits per heavy atom. The minimum absolute atomic E-state index is 0.166. The number of carbonyl (C=O) groups excluding carboxylic acids is 1. The molecular formula is C27H37FN4O. The van der Waals surface area contributed by atoms with E-state index < -0.39 is 5.82 Å². The Labute approximate surface area is 197 Å². The highest BCUT2D eigenvalue weighted by Crippen LogP contribution is 2.22. The fraction of sp³-hybridized carbons (Fsp3) is 0.481. The summed E-state index contributed by atoms with van der Waals surface area (Å²) in [7, 11) is 2.14. The van der Waals surface area contributed by atoms with Crippen LogP contribution >= 0.6 is 0 Å². The molecule has 3 aromatic rings. The van der Waals surface area contributed by atoms with Crippen molar-refractivity contribution in [2.75, 3.05) is 20.1 Å². The predicted octanol–water partition coefficient (Wildman–Crippen LogP) is 5.73. The molecule has 1 heterocycles. The standard InChI is InChI=1S/C27H37FN4O/c1-6-13-30(5)18-21-11-12-25-24(15-21)29-26(32(25)14-7-2)19-31(17-20(3)4)27(33)22-9-8-10-23(28)16-22/h8-12,15-16,20H,6-7,13-14,17-19H2,1-5H3. The molecule has 0 aliphatic carbocycles. The maximum absolute atomic E-state index is 13.8. The third-order valence-electron chi connectivity index (χ3n) is 5.67. The smallest absolute Gasteiger partial charge is 0.254 e. The second-order valence-corrected chi connectivity index (χ2v) is 9.33. The van der Waals surface area contributed by atoms with Crippen molar-refractivity contribution in [3.8, 4) is 0 Å². The Bertz CT molecular complexity index is 1080. The minimum atomic E-state index is -0.399. The number of aromatic nitrogens is 2. The molecule has 0 spiro atoms. The average Bonchev–Trinajstić information content (AvgIpc) is 3.09. The van der Waals surface area contributed by atoms with Crippen molar-refractivity contribution in [1.82, 2.24) is 19.4 Å². The van der Waals surface area contributed by atoms with Crippen molar-refractivity contribution >= 4 is 16.9 Å². The summed E-state index contributed by atoms with van der Waals surface area (Å²) in [4.78, 5) is 22.3. The first-order chi connectivity index (χ1) is 15.8. The van der Waals surface area contributed by atoms with Crippen LogP contribution in [-0.2, 0) is 19.6 Å². The predicted molar refractivity (Wildman–Crippen MR) is 133 cm³/mol. The molecule has 6 heteroatoms. The van der Waals surface area contributed by atoms with Gasteiger partial charge in [-0.25, -0.2) is 9.37 Å². The number of benzene rings is 2. The van der Waals surface area contributed by atoms with E-state index in [1.165, 1.54) is 17.7 Å². The molecule has 0 unspecified atom stereocenters. The fourth-order valence-electron chi connectivity index (χ4n) is 4.32. The first-order valence-electron chi connectivity index (χ1n) is 12.0. The van der Waals surface area contributed by atoms with Gasteiger partial charge in [0.2, 0.25) is 0 Å². The molecule has 3 rings (SSSR count). The van der Waals surface area contributed by atoms with E-state index in [2.05, 4.69) is 62.4 Å². The van der Waals surface area contributed by atoms with Crippen LogP contribution in [0.2, 0.25) is 0 Å². The van der Waals surface area contributed by atoms with Crippen LogP contribution in [0.15, 0.2) is 42.5 Å². The van der Waals surface area contributed by atoms with Gasteiger partial charge in [-0.05, 0) is 68.2 Å². The van der Waals surface area contributed by atoms with Crippen LogP contribution in [-0.4, -0.2) is 45.4 Å². The van der Waals surface area contributed by atoms with Gasteiger partial charge in [0.15, 0.2) is 0 Å². The van der Waals surface area contributed by atoms with E-state index in [0.717, 1.165) is 49.3 Å². The van der Waals surface area contributed by atoms with E-state index in [1.807, 2.05) is 0 Å². The maximum Gasteiger partial charge on any atom is 0.254 e. The number of carbonyl (C=O) groups is 1. The Morgan fingerprint density at radius 1 is 1.09 bits per heavy atom. The number of fused-ring (bicyclic) bond motifs is 1. The maximum atomic E-state index is 13.8. The second-order valence-electron chi connectivity index (χ2n) is 9.33. The van der Waals surface area contributed by atoms with Crippen LogP contribution in [0.1, 0.15) is 62.3 Å². The van der Waals surface area contributed by atoms with Crippen LogP contribution in [0.4, 0.5) is 4.39 Å². The van der Waals surface area contributed by atoms with Gasteiger partial charge in [0, 0.05) is 25.2 Å².